The second-order valence-electron chi connectivity index (χ2n) is 9.85. The van der Waals surface area contributed by atoms with E-state index in [1.54, 1.807) is 14.1 Å². The van der Waals surface area contributed by atoms with Crippen LogP contribution >= 0.6 is 0 Å². The Bertz CT molecular complexity index is 1460. The topological polar surface area (TPSA) is 88.2 Å². The van der Waals surface area contributed by atoms with Gasteiger partial charge in [0.1, 0.15) is 23.8 Å². The van der Waals surface area contributed by atoms with E-state index in [-0.39, 0.29) is 28.9 Å². The number of benzene rings is 2. The second-order valence-corrected chi connectivity index (χ2v) is 9.85. The Balaban J connectivity index is 1.46. The molecule has 1 aliphatic rings. The largest absolute Gasteiger partial charge is 0.356 e. The summed E-state index contributed by atoms with van der Waals surface area (Å²) in [6.45, 7) is 5.37. The number of nitrogens with zero attached hydrogens (tertiary/aromatic N) is 6. The molecular formula is C27H28F2N6O2. The molecule has 1 fully saturated rings. The average Bonchev–Trinajstić information content (AvgIpc) is 3.38. The molecule has 8 nitrogen and oxygen atoms in total. The molecule has 1 amide bonds. The van der Waals surface area contributed by atoms with E-state index in [0.29, 0.717) is 47.1 Å². The average molecular weight is 507 g/mol. The summed E-state index contributed by atoms with van der Waals surface area (Å²) in [7, 11) is 3.20. The fourth-order valence-electron chi connectivity index (χ4n) is 4.69. The number of carbonyl (C=O) groups is 1. The van der Waals surface area contributed by atoms with Crippen LogP contribution in [0.25, 0.3) is 22.0 Å². The standard InChI is InChI=1S/C27H28F2N6O2/c1-15(2)24-32-26(37-33-24)16-7-9-35(10-8-16)25-21-13-18(28)12-20(23(21)30-14-31-25)19-6-5-17(11-22(19)29)27(36)34(3)4/h5-6,11-16H,7-10H2,1-4H3. The smallest absolute Gasteiger partial charge is 0.253 e. The summed E-state index contributed by atoms with van der Waals surface area (Å²) >= 11 is 0. The maximum atomic E-state index is 15.2. The summed E-state index contributed by atoms with van der Waals surface area (Å²) in [5, 5.41) is 4.58. The molecule has 10 heteroatoms. The van der Waals surface area contributed by atoms with Crippen LogP contribution in [0.3, 0.4) is 0 Å². The van der Waals surface area contributed by atoms with Gasteiger partial charge in [-0.1, -0.05) is 25.1 Å². The van der Waals surface area contributed by atoms with E-state index in [9.17, 15) is 9.18 Å². The van der Waals surface area contributed by atoms with Gasteiger partial charge >= 0.3 is 0 Å². The first kappa shape index (κ1) is 24.7. The maximum Gasteiger partial charge on any atom is 0.253 e. The van der Waals surface area contributed by atoms with Crippen LogP contribution in [0, 0.1) is 11.6 Å². The molecule has 2 aromatic heterocycles. The van der Waals surface area contributed by atoms with Crippen LogP contribution in [0.2, 0.25) is 0 Å². The number of halogens is 2. The zero-order valence-corrected chi connectivity index (χ0v) is 21.2. The highest BCUT2D eigenvalue weighted by atomic mass is 19.1. The van der Waals surface area contributed by atoms with Crippen LogP contribution in [-0.4, -0.2) is 58.1 Å². The molecule has 1 aliphatic heterocycles. The monoisotopic (exact) mass is 506 g/mol. The highest BCUT2D eigenvalue weighted by Gasteiger charge is 2.28. The molecule has 37 heavy (non-hydrogen) atoms. The van der Waals surface area contributed by atoms with Gasteiger partial charge in [0.2, 0.25) is 5.89 Å². The number of piperidine rings is 1. The minimum absolute atomic E-state index is 0.147. The molecule has 3 heterocycles. The van der Waals surface area contributed by atoms with Crippen molar-refractivity contribution in [3.63, 3.8) is 0 Å². The minimum Gasteiger partial charge on any atom is -0.356 e. The van der Waals surface area contributed by atoms with Gasteiger partial charge < -0.3 is 14.3 Å². The van der Waals surface area contributed by atoms with Crippen molar-refractivity contribution in [2.75, 3.05) is 32.1 Å². The van der Waals surface area contributed by atoms with Crippen molar-refractivity contribution in [1.29, 1.82) is 0 Å². The Morgan fingerprint density at radius 1 is 1.08 bits per heavy atom. The van der Waals surface area contributed by atoms with Crippen LogP contribution < -0.4 is 4.90 Å². The summed E-state index contributed by atoms with van der Waals surface area (Å²) < 4.78 is 35.5. The van der Waals surface area contributed by atoms with E-state index >= 15 is 4.39 Å². The first-order chi connectivity index (χ1) is 17.7. The fourth-order valence-corrected chi connectivity index (χ4v) is 4.69. The number of hydrogen-bond acceptors (Lipinski definition) is 7. The Labute approximate surface area is 213 Å². The molecule has 2 aromatic carbocycles. The van der Waals surface area contributed by atoms with Crippen molar-refractivity contribution in [3.05, 3.63) is 65.6 Å². The zero-order valence-electron chi connectivity index (χ0n) is 21.2. The predicted octanol–water partition coefficient (Wildman–Crippen LogP) is 5.17. The van der Waals surface area contributed by atoms with E-state index in [4.69, 9.17) is 4.52 Å². The van der Waals surface area contributed by atoms with E-state index in [1.165, 1.54) is 41.6 Å². The molecule has 0 saturated carbocycles. The van der Waals surface area contributed by atoms with Gasteiger partial charge in [-0.25, -0.2) is 18.7 Å². The van der Waals surface area contributed by atoms with Crippen molar-refractivity contribution < 1.29 is 18.1 Å². The highest BCUT2D eigenvalue weighted by Crippen LogP contribution is 2.36. The van der Waals surface area contributed by atoms with E-state index in [0.717, 1.165) is 12.8 Å². The summed E-state index contributed by atoms with van der Waals surface area (Å²) in [5.41, 5.74) is 1.13. The molecule has 4 aromatic rings. The third-order valence-corrected chi connectivity index (χ3v) is 6.71. The summed E-state index contributed by atoms with van der Waals surface area (Å²) in [6.07, 6.45) is 2.98. The van der Waals surface area contributed by atoms with Crippen LogP contribution in [0.1, 0.15) is 60.6 Å². The maximum absolute atomic E-state index is 15.2. The van der Waals surface area contributed by atoms with Gasteiger partial charge in [0.15, 0.2) is 5.82 Å². The Kier molecular flexibility index (Phi) is 6.57. The number of aromatic nitrogens is 4. The van der Waals surface area contributed by atoms with Crippen molar-refractivity contribution in [1.82, 2.24) is 25.0 Å². The number of carbonyl (C=O) groups excluding carboxylic acids is 1. The first-order valence-electron chi connectivity index (χ1n) is 12.3. The predicted molar refractivity (Wildman–Crippen MR) is 135 cm³/mol. The number of anilines is 1. The van der Waals surface area contributed by atoms with Crippen molar-refractivity contribution >= 4 is 22.6 Å². The lowest BCUT2D eigenvalue weighted by atomic mass is 9.96. The number of amides is 1. The fraction of sp³-hybridized carbons (Fsp3) is 0.370. The van der Waals surface area contributed by atoms with Gasteiger partial charge in [-0.15, -0.1) is 0 Å². The molecule has 0 atom stereocenters. The SMILES string of the molecule is CC(C)c1noc(C2CCN(c3ncnc4c(-c5ccc(C(=O)N(C)C)cc5F)cc(F)cc34)CC2)n1. The molecule has 192 valence electrons. The third kappa shape index (κ3) is 4.75. The van der Waals surface area contributed by atoms with Crippen LogP contribution in [0.4, 0.5) is 14.6 Å². The molecule has 0 radical (unpaired) electrons. The van der Waals surface area contributed by atoms with Crippen molar-refractivity contribution in [3.8, 4) is 11.1 Å². The molecule has 5 rings (SSSR count). The van der Waals surface area contributed by atoms with Gasteiger partial charge in [0.05, 0.1) is 5.52 Å². The lowest BCUT2D eigenvalue weighted by Crippen LogP contribution is -2.33. The van der Waals surface area contributed by atoms with Gasteiger partial charge in [0.25, 0.3) is 5.91 Å². The lowest BCUT2D eigenvalue weighted by Gasteiger charge is -2.32. The molecule has 0 N–H and O–H groups in total. The summed E-state index contributed by atoms with van der Waals surface area (Å²) in [4.78, 5) is 29.1. The van der Waals surface area contributed by atoms with Crippen LogP contribution in [0.5, 0.6) is 0 Å². The van der Waals surface area contributed by atoms with Gasteiger partial charge in [-0.05, 0) is 37.1 Å². The molecule has 1 saturated heterocycles. The Hall–Kier alpha value is -3.95. The van der Waals surface area contributed by atoms with Crippen molar-refractivity contribution in [2.24, 2.45) is 0 Å². The van der Waals surface area contributed by atoms with E-state index < -0.39 is 11.6 Å². The Morgan fingerprint density at radius 2 is 1.84 bits per heavy atom. The van der Waals surface area contributed by atoms with Crippen LogP contribution in [0.15, 0.2) is 41.2 Å². The van der Waals surface area contributed by atoms with Gasteiger partial charge in [0, 0.05) is 61.1 Å². The molecule has 0 aliphatic carbocycles. The minimum atomic E-state index is -0.624. The number of hydrogen-bond donors (Lipinski definition) is 0. The molecule has 0 bridgehead atoms. The lowest BCUT2D eigenvalue weighted by molar-refractivity contribution is 0.0827. The normalized spacial score (nSPS) is 14.5. The number of rotatable bonds is 5. The highest BCUT2D eigenvalue weighted by molar-refractivity contribution is 6.00. The number of fused-ring (bicyclic) bond motifs is 1. The Morgan fingerprint density at radius 3 is 2.49 bits per heavy atom. The van der Waals surface area contributed by atoms with Crippen LogP contribution in [-0.2, 0) is 0 Å². The molecular weight excluding hydrogens is 478 g/mol. The first-order valence-corrected chi connectivity index (χ1v) is 12.3. The second kappa shape index (κ2) is 9.84. The van der Waals surface area contributed by atoms with E-state index in [1.807, 2.05) is 13.8 Å². The summed E-state index contributed by atoms with van der Waals surface area (Å²) in [6, 6.07) is 6.84. The molecule has 0 spiro atoms. The van der Waals surface area contributed by atoms with Crippen molar-refractivity contribution in [2.45, 2.75) is 38.5 Å². The quantitative estimate of drug-likeness (QED) is 0.369. The van der Waals surface area contributed by atoms with Gasteiger partial charge in [-0.3, -0.25) is 4.79 Å². The van der Waals surface area contributed by atoms with Gasteiger partial charge in [-0.2, -0.15) is 4.98 Å². The van der Waals surface area contributed by atoms with E-state index in [2.05, 4.69) is 25.0 Å². The third-order valence-electron chi connectivity index (χ3n) is 6.71. The zero-order chi connectivity index (χ0) is 26.3. The molecule has 0 unspecified atom stereocenters. The summed E-state index contributed by atoms with van der Waals surface area (Å²) in [5.74, 6) is 0.831.